The molecule has 3 aromatic carbocycles. The number of sulfone groups is 2. The Morgan fingerprint density at radius 2 is 1.59 bits per heavy atom. The third-order valence-electron chi connectivity index (χ3n) is 7.23. The van der Waals surface area contributed by atoms with Crippen LogP contribution >= 0.6 is 0 Å². The first-order chi connectivity index (χ1) is 19.3. The summed E-state index contributed by atoms with van der Waals surface area (Å²) in [4.78, 5) is 9.28. The maximum Gasteiger partial charge on any atom is 0.258 e. The summed E-state index contributed by atoms with van der Waals surface area (Å²) in [6, 6.07) is 21.7. The largest absolute Gasteiger partial charge is 0.334 e. The Balaban J connectivity index is 1.77. The van der Waals surface area contributed by atoms with E-state index in [2.05, 4.69) is 15.1 Å². The fraction of sp³-hybridized carbons (Fsp3) is 0.194. The van der Waals surface area contributed by atoms with E-state index in [0.717, 1.165) is 33.8 Å². The Hall–Kier alpha value is -4.15. The van der Waals surface area contributed by atoms with Gasteiger partial charge in [0, 0.05) is 35.2 Å². The molecule has 0 aliphatic rings. The van der Waals surface area contributed by atoms with E-state index in [-0.39, 0.29) is 10.8 Å². The van der Waals surface area contributed by atoms with Crippen molar-refractivity contribution in [2.75, 3.05) is 12.5 Å². The molecule has 0 atom stereocenters. The van der Waals surface area contributed by atoms with Crippen LogP contribution in [0, 0.1) is 6.92 Å². The number of aryl methyl sites for hydroxylation is 1. The summed E-state index contributed by atoms with van der Waals surface area (Å²) < 4.78 is 54.0. The molecule has 0 unspecified atom stereocenters. The van der Waals surface area contributed by atoms with Crippen LogP contribution in [0.15, 0.2) is 88.4 Å². The Bertz CT molecular complexity index is 2030. The molecule has 0 amide bonds. The van der Waals surface area contributed by atoms with E-state index in [1.54, 1.807) is 51.2 Å². The maximum atomic E-state index is 12.8. The van der Waals surface area contributed by atoms with E-state index in [1.807, 2.05) is 54.6 Å². The molecule has 0 spiro atoms. The monoisotopic (exact) mass is 587 g/mol. The molecular weight excluding hydrogens is 558 g/mol. The molecule has 2 aromatic heterocycles. The number of fused-ring (bicyclic) bond motifs is 1. The molecule has 0 saturated heterocycles. The standard InChI is InChI=1S/C31H29N3O5S2/c1-20-33-30(39-34-20)27(21-12-14-25(15-13-21)40(4,35)36)18-22-9-6-7-11-26(22)28-19-24(31(2,3)41(5,37)38)17-23-10-8-16-32-29(23)28/h6-19H,1-5H3. The Labute approximate surface area is 239 Å². The molecule has 8 nitrogen and oxygen atoms in total. The predicted molar refractivity (Wildman–Crippen MR) is 161 cm³/mol. The molecule has 41 heavy (non-hydrogen) atoms. The van der Waals surface area contributed by atoms with Crippen molar-refractivity contribution in [1.82, 2.24) is 15.1 Å². The quantitative estimate of drug-likeness (QED) is 0.217. The first-order valence-corrected chi connectivity index (χ1v) is 16.5. The van der Waals surface area contributed by atoms with Gasteiger partial charge in [-0.3, -0.25) is 4.98 Å². The molecule has 0 aliphatic carbocycles. The van der Waals surface area contributed by atoms with Crippen LogP contribution in [0.4, 0.5) is 0 Å². The van der Waals surface area contributed by atoms with E-state index in [4.69, 9.17) is 4.52 Å². The normalized spacial score (nSPS) is 13.0. The highest BCUT2D eigenvalue weighted by molar-refractivity contribution is 7.91. The lowest BCUT2D eigenvalue weighted by atomic mass is 9.90. The molecule has 5 aromatic rings. The van der Waals surface area contributed by atoms with Gasteiger partial charge in [-0.1, -0.05) is 47.6 Å². The predicted octanol–water partition coefficient (Wildman–Crippen LogP) is 5.87. The van der Waals surface area contributed by atoms with Crippen molar-refractivity contribution in [2.24, 2.45) is 0 Å². The van der Waals surface area contributed by atoms with Crippen LogP contribution in [0.25, 0.3) is 33.7 Å². The zero-order chi connectivity index (χ0) is 29.6. The smallest absolute Gasteiger partial charge is 0.258 e. The molecule has 210 valence electrons. The number of aromatic nitrogens is 3. The van der Waals surface area contributed by atoms with E-state index in [0.29, 0.717) is 22.5 Å². The lowest BCUT2D eigenvalue weighted by molar-refractivity contribution is 0.403. The second-order valence-corrected chi connectivity index (χ2v) is 15.1. The van der Waals surface area contributed by atoms with Gasteiger partial charge in [-0.2, -0.15) is 4.98 Å². The zero-order valence-corrected chi connectivity index (χ0v) is 24.9. The first-order valence-electron chi connectivity index (χ1n) is 12.8. The average molecular weight is 588 g/mol. The summed E-state index contributed by atoms with van der Waals surface area (Å²) in [5.74, 6) is 0.734. The van der Waals surface area contributed by atoms with Gasteiger partial charge in [0.05, 0.1) is 15.2 Å². The molecule has 0 bridgehead atoms. The van der Waals surface area contributed by atoms with Crippen LogP contribution in [0.3, 0.4) is 0 Å². The van der Waals surface area contributed by atoms with Crippen LogP contribution in [-0.4, -0.2) is 44.5 Å². The highest BCUT2D eigenvalue weighted by Gasteiger charge is 2.33. The highest BCUT2D eigenvalue weighted by Crippen LogP contribution is 2.38. The van der Waals surface area contributed by atoms with Gasteiger partial charge >= 0.3 is 0 Å². The molecule has 5 rings (SSSR count). The fourth-order valence-corrected chi connectivity index (χ4v) is 5.72. The van der Waals surface area contributed by atoms with Crippen LogP contribution in [0.2, 0.25) is 0 Å². The van der Waals surface area contributed by atoms with Gasteiger partial charge in [0.1, 0.15) is 0 Å². The minimum Gasteiger partial charge on any atom is -0.334 e. The molecule has 0 aliphatic heterocycles. The number of hydrogen-bond donors (Lipinski definition) is 0. The van der Waals surface area contributed by atoms with Crippen molar-refractivity contribution < 1.29 is 21.4 Å². The zero-order valence-electron chi connectivity index (χ0n) is 23.3. The summed E-state index contributed by atoms with van der Waals surface area (Å²) in [5.41, 5.74) is 5.06. The van der Waals surface area contributed by atoms with Crippen molar-refractivity contribution in [3.8, 4) is 11.1 Å². The Morgan fingerprint density at radius 3 is 2.22 bits per heavy atom. The van der Waals surface area contributed by atoms with Gasteiger partial charge in [0.25, 0.3) is 5.89 Å². The second kappa shape index (κ2) is 10.4. The molecule has 10 heteroatoms. The van der Waals surface area contributed by atoms with E-state index in [1.165, 1.54) is 6.26 Å². The van der Waals surface area contributed by atoms with Gasteiger partial charge in [0.2, 0.25) is 0 Å². The van der Waals surface area contributed by atoms with Crippen molar-refractivity contribution >= 4 is 42.2 Å². The molecule has 2 heterocycles. The molecular formula is C31H29N3O5S2. The van der Waals surface area contributed by atoms with Crippen LogP contribution in [0.1, 0.15) is 42.3 Å². The number of pyridine rings is 1. The fourth-order valence-electron chi connectivity index (χ4n) is 4.54. The van der Waals surface area contributed by atoms with Crippen molar-refractivity contribution in [1.29, 1.82) is 0 Å². The third kappa shape index (κ3) is 5.57. The van der Waals surface area contributed by atoms with Gasteiger partial charge in [-0.25, -0.2) is 16.8 Å². The topological polar surface area (TPSA) is 120 Å². The minimum atomic E-state index is -3.44. The molecule has 0 N–H and O–H groups in total. The van der Waals surface area contributed by atoms with Gasteiger partial charge < -0.3 is 4.52 Å². The Morgan fingerprint density at radius 1 is 0.878 bits per heavy atom. The van der Waals surface area contributed by atoms with Gasteiger partial charge in [0.15, 0.2) is 25.5 Å². The number of benzene rings is 3. The second-order valence-electron chi connectivity index (χ2n) is 10.5. The molecule has 0 radical (unpaired) electrons. The van der Waals surface area contributed by atoms with E-state index in [9.17, 15) is 16.8 Å². The number of hydrogen-bond acceptors (Lipinski definition) is 8. The van der Waals surface area contributed by atoms with Crippen LogP contribution in [0.5, 0.6) is 0 Å². The van der Waals surface area contributed by atoms with Crippen molar-refractivity contribution in [2.45, 2.75) is 30.4 Å². The van der Waals surface area contributed by atoms with Crippen LogP contribution < -0.4 is 0 Å². The maximum absolute atomic E-state index is 12.8. The minimum absolute atomic E-state index is 0.200. The summed E-state index contributed by atoms with van der Waals surface area (Å²) in [5, 5.41) is 4.77. The SMILES string of the molecule is Cc1noc(C(=Cc2ccccc2-c2cc(C(C)(C)S(C)(=O)=O)cc3cccnc23)c2ccc(S(C)(=O)=O)cc2)n1. The van der Waals surface area contributed by atoms with Gasteiger partial charge in [-0.05, 0) is 79.4 Å². The van der Waals surface area contributed by atoms with E-state index < -0.39 is 24.4 Å². The lowest BCUT2D eigenvalue weighted by Gasteiger charge is -2.25. The average Bonchev–Trinajstić information content (AvgIpc) is 3.36. The number of rotatable bonds is 7. The summed E-state index contributed by atoms with van der Waals surface area (Å²) in [6.07, 6.45) is 6.01. The van der Waals surface area contributed by atoms with Gasteiger partial charge in [-0.15, -0.1) is 0 Å². The van der Waals surface area contributed by atoms with Crippen LogP contribution in [-0.2, 0) is 24.4 Å². The summed E-state index contributed by atoms with van der Waals surface area (Å²) in [6.45, 7) is 5.12. The van der Waals surface area contributed by atoms with Crippen molar-refractivity contribution in [3.63, 3.8) is 0 Å². The van der Waals surface area contributed by atoms with Crippen molar-refractivity contribution in [3.05, 3.63) is 107 Å². The third-order valence-corrected chi connectivity index (χ3v) is 10.4. The highest BCUT2D eigenvalue weighted by atomic mass is 32.2. The Kier molecular flexibility index (Phi) is 7.17. The summed E-state index contributed by atoms with van der Waals surface area (Å²) >= 11 is 0. The molecule has 0 saturated carbocycles. The lowest BCUT2D eigenvalue weighted by Crippen LogP contribution is -2.28. The molecule has 0 fully saturated rings. The van der Waals surface area contributed by atoms with E-state index >= 15 is 0 Å². The number of nitrogens with zero attached hydrogens (tertiary/aromatic N) is 3. The first kappa shape index (κ1) is 28.4. The summed E-state index contributed by atoms with van der Waals surface area (Å²) in [7, 11) is -6.81.